The molecule has 26 heavy (non-hydrogen) atoms. The highest BCUT2D eigenvalue weighted by atomic mass is 35.5. The highest BCUT2D eigenvalue weighted by Crippen LogP contribution is 2.24. The van der Waals surface area contributed by atoms with Crippen LogP contribution in [0.3, 0.4) is 0 Å². The van der Waals surface area contributed by atoms with Gasteiger partial charge in [0.15, 0.2) is 6.61 Å². The van der Waals surface area contributed by atoms with Crippen molar-refractivity contribution in [2.45, 2.75) is 31.6 Å². The van der Waals surface area contributed by atoms with Crippen molar-refractivity contribution in [1.29, 1.82) is 0 Å². The van der Waals surface area contributed by atoms with Gasteiger partial charge < -0.3 is 10.1 Å². The number of anilines is 1. The number of rotatable bonds is 7. The van der Waals surface area contributed by atoms with Crippen LogP contribution in [0.15, 0.2) is 41.3 Å². The van der Waals surface area contributed by atoms with Crippen molar-refractivity contribution in [2.75, 3.05) is 18.2 Å². The number of para-hydroxylation sites is 1. The van der Waals surface area contributed by atoms with Crippen LogP contribution in [0.2, 0.25) is 5.02 Å². The maximum Gasteiger partial charge on any atom is 0.340 e. The van der Waals surface area contributed by atoms with Gasteiger partial charge in [0.05, 0.1) is 10.6 Å². The number of nitrogens with one attached hydrogen (secondary N) is 1. The molecule has 138 valence electrons. The molecule has 0 unspecified atom stereocenters. The Kier molecular flexibility index (Phi) is 7.54. The molecular weight excluding hydrogens is 370 g/mol. The first-order valence-corrected chi connectivity index (χ1v) is 10.0. The van der Waals surface area contributed by atoms with Gasteiger partial charge in [-0.3, -0.25) is 4.79 Å². The molecule has 2 aromatic rings. The van der Waals surface area contributed by atoms with Crippen molar-refractivity contribution in [2.24, 2.45) is 0 Å². The zero-order valence-corrected chi connectivity index (χ0v) is 16.7. The molecule has 4 nitrogen and oxygen atoms in total. The van der Waals surface area contributed by atoms with Gasteiger partial charge in [0, 0.05) is 10.6 Å². The van der Waals surface area contributed by atoms with Crippen LogP contribution in [-0.2, 0) is 22.4 Å². The smallest absolute Gasteiger partial charge is 0.340 e. The minimum atomic E-state index is -0.611. The number of aryl methyl sites for hydroxylation is 2. The second-order valence-electron chi connectivity index (χ2n) is 5.63. The second kappa shape index (κ2) is 9.64. The normalized spacial score (nSPS) is 10.5. The van der Waals surface area contributed by atoms with E-state index in [1.807, 2.05) is 44.4 Å². The number of benzene rings is 2. The molecule has 0 fully saturated rings. The lowest BCUT2D eigenvalue weighted by molar-refractivity contribution is -0.119. The van der Waals surface area contributed by atoms with Crippen molar-refractivity contribution in [3.05, 3.63) is 58.1 Å². The quantitative estimate of drug-likeness (QED) is 0.534. The molecule has 0 aliphatic rings. The van der Waals surface area contributed by atoms with Crippen LogP contribution in [0.4, 0.5) is 5.69 Å². The van der Waals surface area contributed by atoms with Crippen LogP contribution >= 0.6 is 23.4 Å². The van der Waals surface area contributed by atoms with E-state index >= 15 is 0 Å². The molecular formula is C20H22ClNO3S. The van der Waals surface area contributed by atoms with E-state index in [-0.39, 0.29) is 18.1 Å². The van der Waals surface area contributed by atoms with Gasteiger partial charge in [-0.1, -0.05) is 43.6 Å². The highest BCUT2D eigenvalue weighted by Gasteiger charge is 2.16. The van der Waals surface area contributed by atoms with Gasteiger partial charge in [0.1, 0.15) is 0 Å². The van der Waals surface area contributed by atoms with E-state index in [1.54, 1.807) is 12.1 Å². The van der Waals surface area contributed by atoms with Crippen LogP contribution in [0.1, 0.15) is 35.3 Å². The van der Waals surface area contributed by atoms with E-state index in [0.29, 0.717) is 5.02 Å². The molecule has 0 bridgehead atoms. The Labute approximate surface area is 163 Å². The average Bonchev–Trinajstić information content (AvgIpc) is 2.66. The molecule has 1 amide bonds. The summed E-state index contributed by atoms with van der Waals surface area (Å²) in [6, 6.07) is 11.1. The monoisotopic (exact) mass is 391 g/mol. The molecule has 0 atom stereocenters. The zero-order chi connectivity index (χ0) is 19.1. The molecule has 0 saturated carbocycles. The predicted octanol–water partition coefficient (Wildman–Crippen LogP) is 4.98. The second-order valence-corrected chi connectivity index (χ2v) is 6.92. The van der Waals surface area contributed by atoms with Gasteiger partial charge in [0.2, 0.25) is 0 Å². The Balaban J connectivity index is 2.05. The van der Waals surface area contributed by atoms with Crippen LogP contribution in [-0.4, -0.2) is 24.7 Å². The maximum atomic E-state index is 12.3. The number of amides is 1. The summed E-state index contributed by atoms with van der Waals surface area (Å²) in [5.74, 6) is -0.980. The summed E-state index contributed by atoms with van der Waals surface area (Å²) in [6.45, 7) is 3.70. The fourth-order valence-corrected chi connectivity index (χ4v) is 3.21. The number of carbonyl (C=O) groups excluding carboxylic acids is 2. The van der Waals surface area contributed by atoms with Gasteiger partial charge in [-0.15, -0.1) is 11.8 Å². The maximum absolute atomic E-state index is 12.3. The Morgan fingerprint density at radius 1 is 1.12 bits per heavy atom. The number of hydrogen-bond acceptors (Lipinski definition) is 4. The fraction of sp³-hybridized carbons (Fsp3) is 0.300. The summed E-state index contributed by atoms with van der Waals surface area (Å²) in [6.07, 6.45) is 3.52. The van der Waals surface area contributed by atoms with Gasteiger partial charge in [-0.2, -0.15) is 0 Å². The summed E-state index contributed by atoms with van der Waals surface area (Å²) >= 11 is 7.56. The zero-order valence-electron chi connectivity index (χ0n) is 15.1. The lowest BCUT2D eigenvalue weighted by atomic mass is 10.0. The number of ether oxygens (including phenoxy) is 1. The highest BCUT2D eigenvalue weighted by molar-refractivity contribution is 7.98. The van der Waals surface area contributed by atoms with Crippen LogP contribution in [0.25, 0.3) is 0 Å². The Bertz CT molecular complexity index is 785. The SMILES string of the molecule is CCc1cccc(CC)c1NC(=O)COC(=O)c1cc(SC)ccc1Cl. The Morgan fingerprint density at radius 2 is 1.77 bits per heavy atom. The predicted molar refractivity (Wildman–Crippen MR) is 107 cm³/mol. The van der Waals surface area contributed by atoms with E-state index in [0.717, 1.165) is 34.6 Å². The number of hydrogen-bond donors (Lipinski definition) is 1. The summed E-state index contributed by atoms with van der Waals surface area (Å²) in [5.41, 5.74) is 3.18. The van der Waals surface area contributed by atoms with Gasteiger partial charge >= 0.3 is 5.97 Å². The molecule has 2 aromatic carbocycles. The molecule has 0 aliphatic carbocycles. The first-order valence-electron chi connectivity index (χ1n) is 8.41. The molecule has 6 heteroatoms. The molecule has 0 saturated heterocycles. The standard InChI is InChI=1S/C20H22ClNO3S/c1-4-13-7-6-8-14(5-2)19(13)22-18(23)12-25-20(24)16-11-15(26-3)9-10-17(16)21/h6-11H,4-5,12H2,1-3H3,(H,22,23). The minimum absolute atomic E-state index is 0.259. The van der Waals surface area contributed by atoms with Crippen LogP contribution in [0.5, 0.6) is 0 Å². The van der Waals surface area contributed by atoms with Crippen molar-refractivity contribution in [1.82, 2.24) is 0 Å². The molecule has 0 aromatic heterocycles. The molecule has 2 rings (SSSR count). The third kappa shape index (κ3) is 5.02. The summed E-state index contributed by atoms with van der Waals surface area (Å²) < 4.78 is 5.14. The van der Waals surface area contributed by atoms with E-state index < -0.39 is 5.97 Å². The number of thioether (sulfide) groups is 1. The van der Waals surface area contributed by atoms with Gasteiger partial charge in [0.25, 0.3) is 5.91 Å². The lowest BCUT2D eigenvalue weighted by Crippen LogP contribution is -2.22. The van der Waals surface area contributed by atoms with E-state index in [9.17, 15) is 9.59 Å². The fourth-order valence-electron chi connectivity index (χ4n) is 2.58. The number of halogens is 1. The van der Waals surface area contributed by atoms with E-state index in [1.165, 1.54) is 11.8 Å². The van der Waals surface area contributed by atoms with Crippen molar-refractivity contribution >= 4 is 40.9 Å². The molecule has 0 aliphatic heterocycles. The molecule has 1 N–H and O–H groups in total. The average molecular weight is 392 g/mol. The van der Waals surface area contributed by atoms with Crippen LogP contribution < -0.4 is 5.32 Å². The van der Waals surface area contributed by atoms with Gasteiger partial charge in [-0.25, -0.2) is 4.79 Å². The van der Waals surface area contributed by atoms with Crippen molar-refractivity contribution in [3.63, 3.8) is 0 Å². The largest absolute Gasteiger partial charge is 0.452 e. The third-order valence-electron chi connectivity index (χ3n) is 3.99. The number of esters is 1. The first kappa shape index (κ1) is 20.3. The van der Waals surface area contributed by atoms with Gasteiger partial charge in [-0.05, 0) is 48.4 Å². The first-order chi connectivity index (χ1) is 12.5. The summed E-state index contributed by atoms with van der Waals surface area (Å²) in [5, 5.41) is 3.18. The third-order valence-corrected chi connectivity index (χ3v) is 5.05. The topological polar surface area (TPSA) is 55.4 Å². The van der Waals surface area contributed by atoms with E-state index in [4.69, 9.17) is 16.3 Å². The Morgan fingerprint density at radius 3 is 2.35 bits per heavy atom. The summed E-state index contributed by atoms with van der Waals surface area (Å²) in [7, 11) is 0. The lowest BCUT2D eigenvalue weighted by Gasteiger charge is -2.14. The van der Waals surface area contributed by atoms with Crippen LogP contribution in [0, 0.1) is 0 Å². The molecule has 0 spiro atoms. The van der Waals surface area contributed by atoms with Crippen molar-refractivity contribution in [3.8, 4) is 0 Å². The Hall–Kier alpha value is -1.98. The molecule has 0 radical (unpaired) electrons. The van der Waals surface area contributed by atoms with E-state index in [2.05, 4.69) is 5.32 Å². The van der Waals surface area contributed by atoms with Crippen molar-refractivity contribution < 1.29 is 14.3 Å². The molecule has 0 heterocycles. The minimum Gasteiger partial charge on any atom is -0.452 e. The summed E-state index contributed by atoms with van der Waals surface area (Å²) in [4.78, 5) is 25.4. The number of carbonyl (C=O) groups is 2.